The number of carbonyl (C=O) groups is 1. The summed E-state index contributed by atoms with van der Waals surface area (Å²) in [4.78, 5) is 13.0. The molecule has 0 saturated heterocycles. The lowest BCUT2D eigenvalue weighted by Gasteiger charge is -1.98. The van der Waals surface area contributed by atoms with E-state index in [2.05, 4.69) is 0 Å². The van der Waals surface area contributed by atoms with Gasteiger partial charge < -0.3 is 17.0 Å². The Bertz CT molecular complexity index is 749. The SMILES string of the molecule is Cc1n(N)c2ccccc2[n+]1CC(=O)c1cccs1.[Br-]. The molecule has 0 amide bonds. The van der Waals surface area contributed by atoms with Gasteiger partial charge in [0.1, 0.15) is 0 Å². The first-order chi connectivity index (χ1) is 9.18. The van der Waals surface area contributed by atoms with Gasteiger partial charge in [0, 0.05) is 6.92 Å². The Kier molecular flexibility index (Phi) is 4.25. The summed E-state index contributed by atoms with van der Waals surface area (Å²) in [5, 5.41) is 1.91. The molecule has 0 spiro atoms. The van der Waals surface area contributed by atoms with Crippen LogP contribution in [0.25, 0.3) is 11.0 Å². The molecule has 3 aromatic rings. The highest BCUT2D eigenvalue weighted by Crippen LogP contribution is 2.13. The number of rotatable bonds is 3. The Morgan fingerprint density at radius 1 is 1.30 bits per heavy atom. The van der Waals surface area contributed by atoms with Crippen molar-refractivity contribution in [2.24, 2.45) is 0 Å². The van der Waals surface area contributed by atoms with Crippen LogP contribution in [0.15, 0.2) is 41.8 Å². The highest BCUT2D eigenvalue weighted by atomic mass is 79.9. The third-order valence-electron chi connectivity index (χ3n) is 3.27. The van der Waals surface area contributed by atoms with Gasteiger partial charge in [0.05, 0.1) is 4.88 Å². The first-order valence-electron chi connectivity index (χ1n) is 6.00. The minimum Gasteiger partial charge on any atom is -1.00 e. The summed E-state index contributed by atoms with van der Waals surface area (Å²) < 4.78 is 3.58. The zero-order valence-corrected chi connectivity index (χ0v) is 13.3. The summed E-state index contributed by atoms with van der Waals surface area (Å²) in [6.45, 7) is 2.23. The van der Waals surface area contributed by atoms with Crippen LogP contribution in [0, 0.1) is 6.92 Å². The van der Waals surface area contributed by atoms with Gasteiger partial charge in [0.2, 0.25) is 5.78 Å². The fourth-order valence-electron chi connectivity index (χ4n) is 2.23. The van der Waals surface area contributed by atoms with Gasteiger partial charge >= 0.3 is 0 Å². The summed E-state index contributed by atoms with van der Waals surface area (Å²) in [6, 6.07) is 11.6. The zero-order chi connectivity index (χ0) is 13.4. The molecule has 104 valence electrons. The Hall–Kier alpha value is -1.66. The number of carbonyl (C=O) groups excluding carboxylic acids is 1. The van der Waals surface area contributed by atoms with Crippen molar-refractivity contribution in [2.75, 3.05) is 5.84 Å². The molecule has 20 heavy (non-hydrogen) atoms. The molecule has 2 heterocycles. The van der Waals surface area contributed by atoms with Crippen LogP contribution in [-0.2, 0) is 6.54 Å². The number of nitrogens with two attached hydrogens (primary N) is 1. The van der Waals surface area contributed by atoms with Gasteiger partial charge in [0.25, 0.3) is 5.82 Å². The smallest absolute Gasteiger partial charge is 0.277 e. The minimum atomic E-state index is 0. The Labute approximate surface area is 131 Å². The van der Waals surface area contributed by atoms with Crippen LogP contribution < -0.4 is 27.4 Å². The molecular formula is C14H14BrN3OS. The largest absolute Gasteiger partial charge is 1.00 e. The van der Waals surface area contributed by atoms with Crippen molar-refractivity contribution in [3.8, 4) is 0 Å². The number of nitrogen functional groups attached to an aromatic ring is 1. The number of nitrogens with zero attached hydrogens (tertiary/aromatic N) is 2. The fraction of sp³-hybridized carbons (Fsp3) is 0.143. The third-order valence-corrected chi connectivity index (χ3v) is 4.18. The zero-order valence-electron chi connectivity index (χ0n) is 10.9. The lowest BCUT2D eigenvalue weighted by atomic mass is 10.3. The molecule has 0 aliphatic heterocycles. The highest BCUT2D eigenvalue weighted by Gasteiger charge is 2.22. The number of ketones is 1. The second-order valence-electron chi connectivity index (χ2n) is 4.39. The van der Waals surface area contributed by atoms with Crippen LogP contribution in [0.1, 0.15) is 15.5 Å². The van der Waals surface area contributed by atoms with Gasteiger partial charge in [-0.25, -0.2) is 4.57 Å². The molecule has 0 aliphatic rings. The lowest BCUT2D eigenvalue weighted by Crippen LogP contribution is -3.00. The first kappa shape index (κ1) is 14.7. The Morgan fingerprint density at radius 2 is 2.05 bits per heavy atom. The number of hydrogen-bond acceptors (Lipinski definition) is 3. The Balaban J connectivity index is 0.00000147. The van der Waals surface area contributed by atoms with E-state index in [4.69, 9.17) is 5.84 Å². The monoisotopic (exact) mass is 351 g/mol. The van der Waals surface area contributed by atoms with Crippen molar-refractivity contribution in [1.29, 1.82) is 0 Å². The molecule has 0 aliphatic carbocycles. The van der Waals surface area contributed by atoms with E-state index in [0.29, 0.717) is 6.54 Å². The molecule has 0 fully saturated rings. The number of para-hydroxylation sites is 2. The molecule has 1 aromatic carbocycles. The van der Waals surface area contributed by atoms with Gasteiger partial charge in [-0.05, 0) is 23.6 Å². The summed E-state index contributed by atoms with van der Waals surface area (Å²) in [6.07, 6.45) is 0. The molecule has 0 bridgehead atoms. The average Bonchev–Trinajstić information content (AvgIpc) is 3.03. The predicted octanol–water partition coefficient (Wildman–Crippen LogP) is -1.10. The van der Waals surface area contributed by atoms with Crippen molar-refractivity contribution in [2.45, 2.75) is 13.5 Å². The number of aromatic nitrogens is 2. The van der Waals surface area contributed by atoms with Crippen LogP contribution in [-0.4, -0.2) is 10.5 Å². The van der Waals surface area contributed by atoms with Crippen molar-refractivity contribution in [1.82, 2.24) is 4.68 Å². The van der Waals surface area contributed by atoms with E-state index in [1.807, 2.05) is 53.3 Å². The van der Waals surface area contributed by atoms with Gasteiger partial charge in [0.15, 0.2) is 17.6 Å². The highest BCUT2D eigenvalue weighted by molar-refractivity contribution is 7.12. The van der Waals surface area contributed by atoms with Gasteiger partial charge in [-0.1, -0.05) is 18.2 Å². The molecule has 2 N–H and O–H groups in total. The van der Waals surface area contributed by atoms with E-state index in [9.17, 15) is 4.79 Å². The van der Waals surface area contributed by atoms with E-state index < -0.39 is 0 Å². The summed E-state index contributed by atoms with van der Waals surface area (Å²) in [7, 11) is 0. The van der Waals surface area contributed by atoms with Gasteiger partial charge in [-0.2, -0.15) is 0 Å². The molecule has 0 unspecified atom stereocenters. The number of imidazole rings is 1. The number of hydrogen-bond donors (Lipinski definition) is 1. The van der Waals surface area contributed by atoms with E-state index >= 15 is 0 Å². The topological polar surface area (TPSA) is 51.9 Å². The molecule has 3 rings (SSSR count). The van der Waals surface area contributed by atoms with Crippen LogP contribution in [0.3, 0.4) is 0 Å². The fourth-order valence-corrected chi connectivity index (χ4v) is 2.89. The molecule has 4 nitrogen and oxygen atoms in total. The predicted molar refractivity (Wildman–Crippen MR) is 75.7 cm³/mol. The van der Waals surface area contributed by atoms with Crippen molar-refractivity contribution < 1.29 is 26.3 Å². The number of Topliss-reactive ketones (excluding diaryl/α,β-unsaturated/α-hetero) is 1. The molecule has 6 heteroatoms. The number of fused-ring (bicyclic) bond motifs is 1. The van der Waals surface area contributed by atoms with E-state index in [1.54, 1.807) is 4.68 Å². The maximum absolute atomic E-state index is 12.2. The van der Waals surface area contributed by atoms with E-state index in [0.717, 1.165) is 21.7 Å². The first-order valence-corrected chi connectivity index (χ1v) is 6.88. The number of halogens is 1. The summed E-state index contributed by atoms with van der Waals surface area (Å²) in [5.41, 5.74) is 1.91. The second kappa shape index (κ2) is 5.76. The third kappa shape index (κ3) is 2.36. The summed E-state index contributed by atoms with van der Waals surface area (Å²) in [5.74, 6) is 7.00. The molecule has 0 saturated carbocycles. The second-order valence-corrected chi connectivity index (χ2v) is 5.34. The van der Waals surface area contributed by atoms with Gasteiger partial charge in [-0.3, -0.25) is 10.6 Å². The molecule has 0 atom stereocenters. The van der Waals surface area contributed by atoms with Crippen molar-refractivity contribution >= 4 is 28.2 Å². The van der Waals surface area contributed by atoms with Crippen LogP contribution in [0.4, 0.5) is 0 Å². The number of benzene rings is 1. The van der Waals surface area contributed by atoms with Crippen LogP contribution in [0.2, 0.25) is 0 Å². The average molecular weight is 352 g/mol. The standard InChI is InChI=1S/C14H14N3OS.BrH/c1-10-16(9-13(18)14-7-4-8-19-14)11-5-2-3-6-12(11)17(10)15;/h2-8H,9,15H2,1H3;1H/q+1;/p-1. The van der Waals surface area contributed by atoms with E-state index in [1.165, 1.54) is 11.3 Å². The molecule has 0 radical (unpaired) electrons. The van der Waals surface area contributed by atoms with Crippen LogP contribution in [0.5, 0.6) is 0 Å². The van der Waals surface area contributed by atoms with Crippen LogP contribution >= 0.6 is 11.3 Å². The molecular weight excluding hydrogens is 338 g/mol. The van der Waals surface area contributed by atoms with Crippen molar-refractivity contribution in [3.63, 3.8) is 0 Å². The quantitative estimate of drug-likeness (QED) is 0.370. The normalized spacial score (nSPS) is 10.4. The maximum atomic E-state index is 12.2. The summed E-state index contributed by atoms with van der Waals surface area (Å²) >= 11 is 1.47. The lowest BCUT2D eigenvalue weighted by molar-refractivity contribution is -0.664. The Morgan fingerprint density at radius 3 is 2.75 bits per heavy atom. The minimum absolute atomic E-state index is 0. The maximum Gasteiger partial charge on any atom is 0.277 e. The van der Waals surface area contributed by atoms with Crippen molar-refractivity contribution in [3.05, 3.63) is 52.5 Å². The number of thiophene rings is 1. The molecule has 2 aromatic heterocycles. The van der Waals surface area contributed by atoms with Gasteiger partial charge in [-0.15, -0.1) is 16.0 Å². The van der Waals surface area contributed by atoms with E-state index in [-0.39, 0.29) is 22.8 Å².